The van der Waals surface area contributed by atoms with Crippen molar-refractivity contribution in [3.05, 3.63) is 132 Å². The van der Waals surface area contributed by atoms with E-state index >= 15 is 0 Å². The number of rotatable bonds is 7. The zero-order chi connectivity index (χ0) is 23.2. The molecule has 0 aliphatic rings. The van der Waals surface area contributed by atoms with Gasteiger partial charge in [0.15, 0.2) is 0 Å². The summed E-state index contributed by atoms with van der Waals surface area (Å²) >= 11 is 0. The number of carbonyl (C=O) groups excluding carboxylic acids is 1. The van der Waals surface area contributed by atoms with Gasteiger partial charge in [0.1, 0.15) is 12.4 Å². The number of nitrogens with one attached hydrogen (secondary N) is 1. The van der Waals surface area contributed by atoms with Crippen LogP contribution in [0.3, 0.4) is 0 Å². The second kappa shape index (κ2) is 9.88. The molecular formula is C29H23N3O2. The van der Waals surface area contributed by atoms with E-state index in [1.807, 2.05) is 89.8 Å². The number of nitrogens with zero attached hydrogens (tertiary/aromatic N) is 2. The number of aromatic nitrogens is 1. The molecule has 0 radical (unpaired) electrons. The number of ether oxygens (including phenoxy) is 1. The molecular weight excluding hydrogens is 422 g/mol. The second-order valence-corrected chi connectivity index (χ2v) is 7.77. The summed E-state index contributed by atoms with van der Waals surface area (Å²) in [4.78, 5) is 12.8. The van der Waals surface area contributed by atoms with Crippen LogP contribution in [0.1, 0.15) is 21.5 Å². The SMILES string of the molecule is O=C(N/N=C\c1ccccc1OCc1cccc2ccccc12)c1ccccc1-n1cccc1. The lowest BCUT2D eigenvalue weighted by atomic mass is 10.1. The maximum Gasteiger partial charge on any atom is 0.273 e. The topological polar surface area (TPSA) is 55.6 Å². The Balaban J connectivity index is 1.30. The van der Waals surface area contributed by atoms with Crippen molar-refractivity contribution < 1.29 is 9.53 Å². The van der Waals surface area contributed by atoms with Crippen LogP contribution in [-0.4, -0.2) is 16.7 Å². The quantitative estimate of drug-likeness (QED) is 0.248. The zero-order valence-corrected chi connectivity index (χ0v) is 18.5. The Hall–Kier alpha value is -4.64. The summed E-state index contributed by atoms with van der Waals surface area (Å²) < 4.78 is 8.03. The minimum Gasteiger partial charge on any atom is -0.488 e. The van der Waals surface area contributed by atoms with E-state index in [9.17, 15) is 4.79 Å². The van der Waals surface area contributed by atoms with E-state index in [2.05, 4.69) is 34.8 Å². The first-order valence-electron chi connectivity index (χ1n) is 11.0. The van der Waals surface area contributed by atoms with Crippen LogP contribution in [0.5, 0.6) is 5.75 Å². The average molecular weight is 446 g/mol. The molecule has 0 atom stereocenters. The molecule has 4 aromatic carbocycles. The first-order chi connectivity index (χ1) is 16.8. The highest BCUT2D eigenvalue weighted by atomic mass is 16.5. The summed E-state index contributed by atoms with van der Waals surface area (Å²) in [5.74, 6) is 0.413. The van der Waals surface area contributed by atoms with Crippen LogP contribution in [-0.2, 0) is 6.61 Å². The molecule has 34 heavy (non-hydrogen) atoms. The van der Waals surface area contributed by atoms with Crippen molar-refractivity contribution in [3.8, 4) is 11.4 Å². The summed E-state index contributed by atoms with van der Waals surface area (Å²) in [7, 11) is 0. The lowest BCUT2D eigenvalue weighted by Gasteiger charge is -2.11. The van der Waals surface area contributed by atoms with Crippen LogP contribution in [0.2, 0.25) is 0 Å². The van der Waals surface area contributed by atoms with Crippen LogP contribution < -0.4 is 10.2 Å². The first-order valence-corrected chi connectivity index (χ1v) is 11.0. The number of hydrogen-bond acceptors (Lipinski definition) is 3. The summed E-state index contributed by atoms with van der Waals surface area (Å²) in [5, 5.41) is 6.55. The average Bonchev–Trinajstić information content (AvgIpc) is 3.43. The van der Waals surface area contributed by atoms with Crippen molar-refractivity contribution in [2.75, 3.05) is 0 Å². The minimum absolute atomic E-state index is 0.283. The van der Waals surface area contributed by atoms with Gasteiger partial charge in [0.2, 0.25) is 0 Å². The van der Waals surface area contributed by atoms with Crippen LogP contribution in [0, 0.1) is 0 Å². The van der Waals surface area contributed by atoms with Crippen molar-refractivity contribution in [2.24, 2.45) is 5.10 Å². The van der Waals surface area contributed by atoms with Crippen LogP contribution in [0.15, 0.2) is 121 Å². The minimum atomic E-state index is -0.283. The molecule has 1 heterocycles. The lowest BCUT2D eigenvalue weighted by molar-refractivity contribution is 0.0955. The Kier molecular flexibility index (Phi) is 6.16. The summed E-state index contributed by atoms with van der Waals surface area (Å²) in [6.07, 6.45) is 5.41. The summed E-state index contributed by atoms with van der Waals surface area (Å²) in [6, 6.07) is 33.3. The van der Waals surface area contributed by atoms with Gasteiger partial charge in [-0.05, 0) is 52.7 Å². The molecule has 1 amide bonds. The summed E-state index contributed by atoms with van der Waals surface area (Å²) in [6.45, 7) is 0.433. The molecule has 0 unspecified atom stereocenters. The smallest absolute Gasteiger partial charge is 0.273 e. The fourth-order valence-corrected chi connectivity index (χ4v) is 3.90. The number of carbonyl (C=O) groups is 1. The van der Waals surface area contributed by atoms with Gasteiger partial charge in [0.25, 0.3) is 5.91 Å². The zero-order valence-electron chi connectivity index (χ0n) is 18.5. The standard InChI is InChI=1S/C29H23N3O2/c33-29(26-15-4-5-16-27(26)32-18-7-8-19-32)31-30-20-23-11-2-6-17-28(23)34-21-24-13-9-12-22-10-1-3-14-25(22)24/h1-20H,21H2,(H,31,33)/b30-20-. The third kappa shape index (κ3) is 4.59. The van der Waals surface area contributed by atoms with Gasteiger partial charge in [0.05, 0.1) is 17.5 Å². The van der Waals surface area contributed by atoms with Crippen molar-refractivity contribution in [3.63, 3.8) is 0 Å². The monoisotopic (exact) mass is 445 g/mol. The Morgan fingerprint density at radius 2 is 1.56 bits per heavy atom. The van der Waals surface area contributed by atoms with E-state index in [1.165, 1.54) is 10.8 Å². The van der Waals surface area contributed by atoms with Crippen molar-refractivity contribution in [1.82, 2.24) is 9.99 Å². The Morgan fingerprint density at radius 1 is 0.824 bits per heavy atom. The predicted molar refractivity (Wildman–Crippen MR) is 136 cm³/mol. The van der Waals surface area contributed by atoms with Crippen LogP contribution in [0.4, 0.5) is 0 Å². The highest BCUT2D eigenvalue weighted by Gasteiger charge is 2.11. The van der Waals surface area contributed by atoms with Gasteiger partial charge < -0.3 is 9.30 Å². The third-order valence-electron chi connectivity index (χ3n) is 5.58. The predicted octanol–water partition coefficient (Wildman–Crippen LogP) is 5.97. The molecule has 0 saturated carbocycles. The van der Waals surface area contributed by atoms with E-state index in [1.54, 1.807) is 12.3 Å². The lowest BCUT2D eigenvalue weighted by Crippen LogP contribution is -2.19. The van der Waals surface area contributed by atoms with E-state index in [4.69, 9.17) is 4.74 Å². The molecule has 1 N–H and O–H groups in total. The molecule has 1 aromatic heterocycles. The maximum absolute atomic E-state index is 12.8. The fourth-order valence-electron chi connectivity index (χ4n) is 3.90. The van der Waals surface area contributed by atoms with Crippen molar-refractivity contribution >= 4 is 22.9 Å². The van der Waals surface area contributed by atoms with E-state index in [0.29, 0.717) is 17.9 Å². The van der Waals surface area contributed by atoms with Gasteiger partial charge in [-0.15, -0.1) is 0 Å². The molecule has 0 aliphatic heterocycles. The fraction of sp³-hybridized carbons (Fsp3) is 0.0345. The number of amides is 1. The van der Waals surface area contributed by atoms with Gasteiger partial charge >= 0.3 is 0 Å². The second-order valence-electron chi connectivity index (χ2n) is 7.77. The largest absolute Gasteiger partial charge is 0.488 e. The Bertz CT molecular complexity index is 1450. The van der Waals surface area contributed by atoms with Crippen molar-refractivity contribution in [2.45, 2.75) is 6.61 Å². The number of hydrazone groups is 1. The number of fused-ring (bicyclic) bond motifs is 1. The molecule has 0 spiro atoms. The third-order valence-corrected chi connectivity index (χ3v) is 5.58. The van der Waals surface area contributed by atoms with Gasteiger partial charge in [-0.25, -0.2) is 5.43 Å². The molecule has 5 heteroatoms. The van der Waals surface area contributed by atoms with Crippen LogP contribution >= 0.6 is 0 Å². The molecule has 5 nitrogen and oxygen atoms in total. The van der Waals surface area contributed by atoms with E-state index in [-0.39, 0.29) is 5.91 Å². The molecule has 0 bridgehead atoms. The number of benzene rings is 4. The molecule has 0 saturated heterocycles. The number of hydrogen-bond donors (Lipinski definition) is 1. The highest BCUT2D eigenvalue weighted by Crippen LogP contribution is 2.22. The first kappa shape index (κ1) is 21.2. The van der Waals surface area contributed by atoms with Gasteiger partial charge in [0, 0.05) is 18.0 Å². The van der Waals surface area contributed by atoms with Gasteiger partial charge in [-0.1, -0.05) is 66.7 Å². The van der Waals surface area contributed by atoms with Crippen molar-refractivity contribution in [1.29, 1.82) is 0 Å². The molecule has 0 fully saturated rings. The molecule has 166 valence electrons. The summed E-state index contributed by atoms with van der Waals surface area (Å²) in [5.41, 5.74) is 5.86. The molecule has 5 aromatic rings. The van der Waals surface area contributed by atoms with Gasteiger partial charge in [-0.2, -0.15) is 5.10 Å². The molecule has 0 aliphatic carbocycles. The van der Waals surface area contributed by atoms with Gasteiger partial charge in [-0.3, -0.25) is 4.79 Å². The Labute approximate surface area is 197 Å². The number of para-hydroxylation sites is 2. The Morgan fingerprint density at radius 3 is 2.47 bits per heavy atom. The highest BCUT2D eigenvalue weighted by molar-refractivity contribution is 5.98. The van der Waals surface area contributed by atoms with E-state index < -0.39 is 0 Å². The maximum atomic E-state index is 12.8. The molecule has 5 rings (SSSR count). The van der Waals surface area contributed by atoms with E-state index in [0.717, 1.165) is 16.8 Å². The normalized spacial score (nSPS) is 11.1. The van der Waals surface area contributed by atoms with Crippen LogP contribution in [0.25, 0.3) is 16.5 Å².